The molecule has 0 fully saturated rings. The Hall–Kier alpha value is -3.75. The van der Waals surface area contributed by atoms with E-state index in [1.165, 1.54) is 31.4 Å². The van der Waals surface area contributed by atoms with E-state index in [2.05, 4.69) is 5.32 Å². The van der Waals surface area contributed by atoms with Gasteiger partial charge in [0.1, 0.15) is 16.4 Å². The van der Waals surface area contributed by atoms with Crippen molar-refractivity contribution in [3.63, 3.8) is 0 Å². The van der Waals surface area contributed by atoms with Gasteiger partial charge in [0.25, 0.3) is 11.8 Å². The molecule has 33 heavy (non-hydrogen) atoms. The Morgan fingerprint density at radius 2 is 1.76 bits per heavy atom. The number of anilines is 2. The summed E-state index contributed by atoms with van der Waals surface area (Å²) in [7, 11) is 1.43. The topological polar surface area (TPSA) is 98.8 Å². The Bertz CT molecular complexity index is 1290. The molecule has 9 heteroatoms. The number of ether oxygens (including phenoxy) is 1. The smallest absolute Gasteiger partial charge is 0.283 e. The van der Waals surface area contributed by atoms with Crippen LogP contribution in [0.25, 0.3) is 0 Å². The molecule has 0 aromatic heterocycles. The SMILES string of the molecule is COc1ccc(Cl)cc1N1C(=O)C(Nc2cccc(C(=O)[O-])c2)=C(Sc2ccccc2)C1=O. The van der Waals surface area contributed by atoms with E-state index in [4.69, 9.17) is 16.3 Å². The Morgan fingerprint density at radius 1 is 1.00 bits per heavy atom. The standard InChI is InChI=1S/C24H17ClN2O5S/c1-32-19-11-10-15(25)13-18(19)27-22(28)20(26-16-7-5-6-14(12-16)24(30)31)21(23(27)29)33-17-8-3-2-4-9-17/h2-13,26H,1H3,(H,30,31)/p-1. The van der Waals surface area contributed by atoms with Crippen LogP contribution in [0.3, 0.4) is 0 Å². The summed E-state index contributed by atoms with van der Waals surface area (Å²) in [6, 6.07) is 19.5. The predicted octanol–water partition coefficient (Wildman–Crippen LogP) is 3.70. The van der Waals surface area contributed by atoms with E-state index in [1.807, 2.05) is 30.3 Å². The second kappa shape index (κ2) is 9.40. The van der Waals surface area contributed by atoms with Gasteiger partial charge in [-0.3, -0.25) is 9.59 Å². The molecule has 1 aliphatic heterocycles. The van der Waals surface area contributed by atoms with Crippen LogP contribution in [0.4, 0.5) is 11.4 Å². The van der Waals surface area contributed by atoms with Crippen LogP contribution in [0.15, 0.2) is 88.3 Å². The van der Waals surface area contributed by atoms with Gasteiger partial charge in [-0.25, -0.2) is 4.90 Å². The van der Waals surface area contributed by atoms with Crippen molar-refractivity contribution >= 4 is 52.5 Å². The lowest BCUT2D eigenvalue weighted by Crippen LogP contribution is -2.32. The van der Waals surface area contributed by atoms with Gasteiger partial charge in [0, 0.05) is 15.6 Å². The molecule has 1 aliphatic rings. The Balaban J connectivity index is 1.79. The van der Waals surface area contributed by atoms with Gasteiger partial charge in [-0.1, -0.05) is 53.7 Å². The highest BCUT2D eigenvalue weighted by Gasteiger charge is 2.41. The first kappa shape index (κ1) is 22.4. The van der Waals surface area contributed by atoms with E-state index in [0.29, 0.717) is 16.5 Å². The number of halogens is 1. The van der Waals surface area contributed by atoms with Gasteiger partial charge in [0.2, 0.25) is 0 Å². The molecule has 0 radical (unpaired) electrons. The molecule has 0 spiro atoms. The number of thioether (sulfide) groups is 1. The Labute approximate surface area is 198 Å². The zero-order chi connectivity index (χ0) is 23.5. The number of hydrogen-bond acceptors (Lipinski definition) is 7. The third-order valence-electron chi connectivity index (χ3n) is 4.75. The first-order valence-electron chi connectivity index (χ1n) is 9.67. The van der Waals surface area contributed by atoms with Crippen molar-refractivity contribution in [3.05, 3.63) is 94.0 Å². The minimum absolute atomic E-state index is 0.00591. The average Bonchev–Trinajstić information content (AvgIpc) is 3.03. The maximum atomic E-state index is 13.5. The van der Waals surface area contributed by atoms with Crippen LogP contribution in [0.2, 0.25) is 5.02 Å². The van der Waals surface area contributed by atoms with Crippen molar-refractivity contribution in [1.29, 1.82) is 0 Å². The monoisotopic (exact) mass is 479 g/mol. The lowest BCUT2D eigenvalue weighted by Gasteiger charge is -2.18. The van der Waals surface area contributed by atoms with E-state index in [0.717, 1.165) is 21.6 Å². The normalized spacial score (nSPS) is 13.5. The molecule has 7 nitrogen and oxygen atoms in total. The number of amides is 2. The number of benzene rings is 3. The number of carbonyl (C=O) groups excluding carboxylic acids is 3. The molecular formula is C24H16ClN2O5S-. The lowest BCUT2D eigenvalue weighted by atomic mass is 10.2. The molecule has 3 aromatic carbocycles. The zero-order valence-corrected chi connectivity index (χ0v) is 18.8. The molecule has 1 heterocycles. The third-order valence-corrected chi connectivity index (χ3v) is 6.08. The summed E-state index contributed by atoms with van der Waals surface area (Å²) in [5.74, 6) is -2.25. The number of nitrogens with one attached hydrogen (secondary N) is 1. The number of aromatic carboxylic acids is 1. The molecule has 166 valence electrons. The first-order valence-corrected chi connectivity index (χ1v) is 10.9. The highest BCUT2D eigenvalue weighted by Crippen LogP contribution is 2.41. The van der Waals surface area contributed by atoms with E-state index < -0.39 is 17.8 Å². The maximum absolute atomic E-state index is 13.5. The first-order chi connectivity index (χ1) is 15.9. The van der Waals surface area contributed by atoms with Gasteiger partial charge in [0.15, 0.2) is 0 Å². The summed E-state index contributed by atoms with van der Waals surface area (Å²) in [6.45, 7) is 0. The van der Waals surface area contributed by atoms with Crippen LogP contribution in [0.1, 0.15) is 10.4 Å². The largest absolute Gasteiger partial charge is 0.545 e. The molecule has 1 N–H and O–H groups in total. The summed E-state index contributed by atoms with van der Waals surface area (Å²) < 4.78 is 5.34. The molecular weight excluding hydrogens is 464 g/mol. The molecule has 4 rings (SSSR count). The highest BCUT2D eigenvalue weighted by atomic mass is 35.5. The van der Waals surface area contributed by atoms with Gasteiger partial charge in [0.05, 0.1) is 18.8 Å². The Morgan fingerprint density at radius 3 is 2.45 bits per heavy atom. The number of rotatable bonds is 7. The minimum Gasteiger partial charge on any atom is -0.545 e. The second-order valence-corrected chi connectivity index (χ2v) is 8.39. The fourth-order valence-electron chi connectivity index (χ4n) is 3.25. The fourth-order valence-corrected chi connectivity index (χ4v) is 4.36. The molecule has 0 unspecified atom stereocenters. The molecule has 0 saturated heterocycles. The molecule has 0 atom stereocenters. The molecule has 0 bridgehead atoms. The molecule has 0 aliphatic carbocycles. The number of carbonyl (C=O) groups is 3. The number of carboxylic acids is 1. The molecule has 2 amide bonds. The van der Waals surface area contributed by atoms with Crippen molar-refractivity contribution in [2.24, 2.45) is 0 Å². The number of imide groups is 1. The predicted molar refractivity (Wildman–Crippen MR) is 124 cm³/mol. The van der Waals surface area contributed by atoms with Crippen LogP contribution in [0.5, 0.6) is 5.75 Å². The fraction of sp³-hybridized carbons (Fsp3) is 0.0417. The molecule has 0 saturated carbocycles. The van der Waals surface area contributed by atoms with Gasteiger partial charge in [-0.2, -0.15) is 0 Å². The quantitative estimate of drug-likeness (QED) is 0.516. The molecule has 3 aromatic rings. The van der Waals surface area contributed by atoms with Crippen molar-refractivity contribution in [2.45, 2.75) is 4.90 Å². The van der Waals surface area contributed by atoms with Crippen molar-refractivity contribution in [3.8, 4) is 5.75 Å². The number of nitrogens with zero attached hydrogens (tertiary/aromatic N) is 1. The van der Waals surface area contributed by atoms with Gasteiger partial charge in [-0.05, 0) is 48.0 Å². The Kier molecular flexibility index (Phi) is 6.39. The number of carboxylic acid groups (broad SMARTS) is 1. The summed E-state index contributed by atoms with van der Waals surface area (Å²) in [6.07, 6.45) is 0. The van der Waals surface area contributed by atoms with E-state index in [9.17, 15) is 19.5 Å². The summed E-state index contributed by atoms with van der Waals surface area (Å²) in [5, 5.41) is 14.5. The number of methoxy groups -OCH3 is 1. The van der Waals surface area contributed by atoms with Crippen LogP contribution < -0.4 is 20.1 Å². The lowest BCUT2D eigenvalue weighted by molar-refractivity contribution is -0.255. The number of hydrogen-bond donors (Lipinski definition) is 1. The van der Waals surface area contributed by atoms with Gasteiger partial charge in [-0.15, -0.1) is 0 Å². The van der Waals surface area contributed by atoms with Crippen LogP contribution in [-0.2, 0) is 9.59 Å². The average molecular weight is 480 g/mol. The second-order valence-electron chi connectivity index (χ2n) is 6.87. The zero-order valence-electron chi connectivity index (χ0n) is 17.2. The van der Waals surface area contributed by atoms with Gasteiger partial charge < -0.3 is 20.0 Å². The van der Waals surface area contributed by atoms with Gasteiger partial charge >= 0.3 is 0 Å². The highest BCUT2D eigenvalue weighted by molar-refractivity contribution is 8.04. The van der Waals surface area contributed by atoms with Crippen molar-refractivity contribution in [2.75, 3.05) is 17.3 Å². The van der Waals surface area contributed by atoms with Crippen LogP contribution in [-0.4, -0.2) is 24.9 Å². The summed E-state index contributed by atoms with van der Waals surface area (Å²) in [4.78, 5) is 40.0. The maximum Gasteiger partial charge on any atom is 0.283 e. The van der Waals surface area contributed by atoms with Crippen molar-refractivity contribution < 1.29 is 24.2 Å². The van der Waals surface area contributed by atoms with E-state index in [1.54, 1.807) is 18.2 Å². The van der Waals surface area contributed by atoms with Crippen LogP contribution >= 0.6 is 23.4 Å². The van der Waals surface area contributed by atoms with E-state index in [-0.39, 0.29) is 21.9 Å². The summed E-state index contributed by atoms with van der Waals surface area (Å²) in [5.41, 5.74) is 0.458. The minimum atomic E-state index is -1.36. The van der Waals surface area contributed by atoms with Crippen molar-refractivity contribution in [1.82, 2.24) is 0 Å². The van der Waals surface area contributed by atoms with E-state index >= 15 is 0 Å². The summed E-state index contributed by atoms with van der Waals surface area (Å²) >= 11 is 7.25. The third kappa shape index (κ3) is 4.57. The van der Waals surface area contributed by atoms with Crippen LogP contribution in [0, 0.1) is 0 Å².